The number of aryl methyl sites for hydroxylation is 1. The molecule has 1 atom stereocenters. The van der Waals surface area contributed by atoms with Gasteiger partial charge >= 0.3 is 0 Å². The fourth-order valence-corrected chi connectivity index (χ4v) is 4.04. The normalized spacial score (nSPS) is 17.0. The number of hydrogen-bond acceptors (Lipinski definition) is 3. The van der Waals surface area contributed by atoms with E-state index in [-0.39, 0.29) is 11.9 Å². The molecule has 3 aromatic rings. The molecule has 0 amide bonds. The van der Waals surface area contributed by atoms with Crippen LogP contribution in [-0.4, -0.2) is 30.2 Å². The summed E-state index contributed by atoms with van der Waals surface area (Å²) in [7, 11) is 3.34. The number of methoxy groups -OCH3 is 2. The number of nitrogens with zero attached hydrogens (tertiary/aromatic N) is 2. The van der Waals surface area contributed by atoms with Crippen LogP contribution < -0.4 is 9.47 Å². The SMILES string of the molecule is COc1ccc(CN2CCCn3cccc3[C@@H]2c2ccc(F)cc2)c(OC)c1. The summed E-state index contributed by atoms with van der Waals surface area (Å²) in [6, 6.07) is 17.1. The van der Waals surface area contributed by atoms with Gasteiger partial charge in [-0.25, -0.2) is 4.39 Å². The molecule has 2 aromatic carbocycles. The maximum Gasteiger partial charge on any atom is 0.127 e. The van der Waals surface area contributed by atoms with Crippen LogP contribution in [0.25, 0.3) is 0 Å². The first-order chi connectivity index (χ1) is 13.7. The van der Waals surface area contributed by atoms with Crippen molar-refractivity contribution in [3.63, 3.8) is 0 Å². The lowest BCUT2D eigenvalue weighted by molar-refractivity contribution is 0.217. The standard InChI is InChI=1S/C23H25FN2O2/c1-27-20-11-8-18(22(15-20)28-2)16-26-14-4-13-25-12-3-5-21(25)23(26)17-6-9-19(24)10-7-17/h3,5-12,15,23H,4,13-14,16H2,1-2H3/t23-/m0/s1. The van der Waals surface area contributed by atoms with E-state index in [1.807, 2.05) is 24.3 Å². The van der Waals surface area contributed by atoms with Crippen molar-refractivity contribution in [3.05, 3.63) is 83.4 Å². The molecule has 5 heteroatoms. The van der Waals surface area contributed by atoms with Gasteiger partial charge in [0, 0.05) is 43.2 Å². The molecular weight excluding hydrogens is 355 g/mol. The zero-order valence-electron chi connectivity index (χ0n) is 16.3. The summed E-state index contributed by atoms with van der Waals surface area (Å²) in [6.07, 6.45) is 3.18. The second kappa shape index (κ2) is 8.07. The van der Waals surface area contributed by atoms with Crippen LogP contribution >= 0.6 is 0 Å². The van der Waals surface area contributed by atoms with Gasteiger partial charge in [0.15, 0.2) is 0 Å². The summed E-state index contributed by atoms with van der Waals surface area (Å²) in [5, 5.41) is 0. The molecule has 0 saturated carbocycles. The van der Waals surface area contributed by atoms with Gasteiger partial charge in [0.2, 0.25) is 0 Å². The van der Waals surface area contributed by atoms with E-state index in [1.54, 1.807) is 26.4 Å². The average Bonchev–Trinajstić information content (AvgIpc) is 3.11. The Morgan fingerprint density at radius 1 is 1.00 bits per heavy atom. The van der Waals surface area contributed by atoms with Crippen molar-refractivity contribution in [1.29, 1.82) is 0 Å². The molecule has 1 aliphatic heterocycles. The van der Waals surface area contributed by atoms with Crippen LogP contribution in [0.4, 0.5) is 4.39 Å². The molecule has 1 aliphatic rings. The summed E-state index contributed by atoms with van der Waals surface area (Å²) in [5.74, 6) is 1.38. The highest BCUT2D eigenvalue weighted by molar-refractivity contribution is 5.41. The number of rotatable bonds is 5. The number of fused-ring (bicyclic) bond motifs is 1. The number of halogens is 1. The minimum atomic E-state index is -0.212. The van der Waals surface area contributed by atoms with Crippen LogP contribution in [0.2, 0.25) is 0 Å². The maximum atomic E-state index is 13.5. The Morgan fingerprint density at radius 3 is 2.57 bits per heavy atom. The van der Waals surface area contributed by atoms with Crippen molar-refractivity contribution in [1.82, 2.24) is 9.47 Å². The van der Waals surface area contributed by atoms with Gasteiger partial charge in [0.05, 0.1) is 20.3 Å². The molecule has 4 rings (SSSR count). The van der Waals surface area contributed by atoms with Gasteiger partial charge in [-0.15, -0.1) is 0 Å². The summed E-state index contributed by atoms with van der Waals surface area (Å²) in [6.45, 7) is 2.66. The molecule has 0 N–H and O–H groups in total. The van der Waals surface area contributed by atoms with Crippen molar-refractivity contribution in [2.75, 3.05) is 20.8 Å². The number of aromatic nitrogens is 1. The molecule has 0 unspecified atom stereocenters. The van der Waals surface area contributed by atoms with E-state index in [9.17, 15) is 4.39 Å². The Balaban J connectivity index is 1.73. The Kier molecular flexibility index (Phi) is 5.35. The average molecular weight is 380 g/mol. The highest BCUT2D eigenvalue weighted by atomic mass is 19.1. The Bertz CT molecular complexity index is 936. The van der Waals surface area contributed by atoms with Gasteiger partial charge < -0.3 is 14.0 Å². The highest BCUT2D eigenvalue weighted by Gasteiger charge is 2.28. The van der Waals surface area contributed by atoms with E-state index in [0.717, 1.165) is 48.7 Å². The van der Waals surface area contributed by atoms with Gasteiger partial charge in [-0.3, -0.25) is 4.90 Å². The molecule has 28 heavy (non-hydrogen) atoms. The van der Waals surface area contributed by atoms with Gasteiger partial charge in [-0.1, -0.05) is 18.2 Å². The number of hydrogen-bond donors (Lipinski definition) is 0. The van der Waals surface area contributed by atoms with Gasteiger partial charge in [-0.05, 0) is 42.3 Å². The van der Waals surface area contributed by atoms with Crippen LogP contribution in [-0.2, 0) is 13.1 Å². The van der Waals surface area contributed by atoms with Crippen LogP contribution in [0.1, 0.15) is 29.3 Å². The molecule has 0 aliphatic carbocycles. The highest BCUT2D eigenvalue weighted by Crippen LogP contribution is 2.35. The quantitative estimate of drug-likeness (QED) is 0.645. The molecule has 1 aromatic heterocycles. The van der Waals surface area contributed by atoms with E-state index in [2.05, 4.69) is 33.9 Å². The summed E-state index contributed by atoms with van der Waals surface area (Å²) in [4.78, 5) is 2.44. The minimum absolute atomic E-state index is 0.0601. The van der Waals surface area contributed by atoms with Crippen LogP contribution in [0.3, 0.4) is 0 Å². The Hall–Kier alpha value is -2.79. The molecule has 0 radical (unpaired) electrons. The zero-order valence-corrected chi connectivity index (χ0v) is 16.3. The molecular formula is C23H25FN2O2. The predicted molar refractivity (Wildman–Crippen MR) is 107 cm³/mol. The van der Waals surface area contributed by atoms with Crippen LogP contribution in [0.5, 0.6) is 11.5 Å². The smallest absolute Gasteiger partial charge is 0.127 e. The maximum absolute atomic E-state index is 13.5. The second-order valence-corrected chi connectivity index (χ2v) is 7.08. The first kappa shape index (κ1) is 18.6. The van der Waals surface area contributed by atoms with E-state index >= 15 is 0 Å². The lowest BCUT2D eigenvalue weighted by Crippen LogP contribution is -2.29. The Morgan fingerprint density at radius 2 is 1.82 bits per heavy atom. The number of benzene rings is 2. The molecule has 0 saturated heterocycles. The minimum Gasteiger partial charge on any atom is -0.497 e. The lowest BCUT2D eigenvalue weighted by Gasteiger charge is -2.31. The van der Waals surface area contributed by atoms with Gasteiger partial charge in [0.1, 0.15) is 17.3 Å². The second-order valence-electron chi connectivity index (χ2n) is 7.08. The third-order valence-electron chi connectivity index (χ3n) is 5.41. The van der Waals surface area contributed by atoms with Crippen molar-refractivity contribution in [3.8, 4) is 11.5 Å². The van der Waals surface area contributed by atoms with Crippen LogP contribution in [0, 0.1) is 5.82 Å². The Labute approximate surface area is 165 Å². The predicted octanol–water partition coefficient (Wildman–Crippen LogP) is 4.64. The third-order valence-corrected chi connectivity index (χ3v) is 5.41. The van der Waals surface area contributed by atoms with Crippen LogP contribution in [0.15, 0.2) is 60.8 Å². The molecule has 0 fully saturated rings. The van der Waals surface area contributed by atoms with Crippen molar-refractivity contribution < 1.29 is 13.9 Å². The van der Waals surface area contributed by atoms with Crippen molar-refractivity contribution in [2.24, 2.45) is 0 Å². The first-order valence-electron chi connectivity index (χ1n) is 9.55. The van der Waals surface area contributed by atoms with Crippen molar-refractivity contribution in [2.45, 2.75) is 25.6 Å². The van der Waals surface area contributed by atoms with E-state index in [4.69, 9.17) is 9.47 Å². The molecule has 0 bridgehead atoms. The van der Waals surface area contributed by atoms with Gasteiger partial charge in [-0.2, -0.15) is 0 Å². The molecule has 0 spiro atoms. The van der Waals surface area contributed by atoms with Crippen molar-refractivity contribution >= 4 is 0 Å². The summed E-state index contributed by atoms with van der Waals surface area (Å²) >= 11 is 0. The fourth-order valence-electron chi connectivity index (χ4n) is 4.04. The third kappa shape index (κ3) is 3.62. The molecule has 2 heterocycles. The fraction of sp³-hybridized carbons (Fsp3) is 0.304. The lowest BCUT2D eigenvalue weighted by atomic mass is 10.0. The number of ether oxygens (including phenoxy) is 2. The largest absolute Gasteiger partial charge is 0.497 e. The zero-order chi connectivity index (χ0) is 19.5. The molecule has 146 valence electrons. The summed E-state index contributed by atoms with van der Waals surface area (Å²) in [5.41, 5.74) is 3.43. The summed E-state index contributed by atoms with van der Waals surface area (Å²) < 4.78 is 26.8. The monoisotopic (exact) mass is 380 g/mol. The molecule has 4 nitrogen and oxygen atoms in total. The van der Waals surface area contributed by atoms with E-state index in [0.29, 0.717) is 0 Å². The van der Waals surface area contributed by atoms with Gasteiger partial charge in [0.25, 0.3) is 0 Å². The van der Waals surface area contributed by atoms with E-state index < -0.39 is 0 Å². The topological polar surface area (TPSA) is 26.6 Å². The van der Waals surface area contributed by atoms with E-state index in [1.165, 1.54) is 5.69 Å². The first-order valence-corrected chi connectivity index (χ1v) is 9.55.